The van der Waals surface area contributed by atoms with E-state index in [4.69, 9.17) is 9.26 Å². The van der Waals surface area contributed by atoms with E-state index in [0.717, 1.165) is 5.56 Å². The highest BCUT2D eigenvalue weighted by molar-refractivity contribution is 7.91. The second-order valence-electron chi connectivity index (χ2n) is 8.51. The van der Waals surface area contributed by atoms with Crippen molar-refractivity contribution in [3.8, 4) is 6.01 Å². The van der Waals surface area contributed by atoms with Gasteiger partial charge in [0, 0.05) is 32.1 Å². The number of rotatable bonds is 5. The first kappa shape index (κ1) is 23.5. The lowest BCUT2D eigenvalue weighted by Gasteiger charge is -2.40. The van der Waals surface area contributed by atoms with E-state index in [9.17, 15) is 17.6 Å². The van der Waals surface area contributed by atoms with Gasteiger partial charge >= 0.3 is 12.0 Å². The number of piperidine rings is 1. The maximum atomic E-state index is 14.5. The number of sulfone groups is 1. The van der Waals surface area contributed by atoms with Crippen molar-refractivity contribution >= 4 is 15.9 Å². The monoisotopic (exact) mass is 480 g/mol. The van der Waals surface area contributed by atoms with Gasteiger partial charge in [-0.25, -0.2) is 17.6 Å². The predicted molar refractivity (Wildman–Crippen MR) is 119 cm³/mol. The molecule has 2 aliphatic heterocycles. The Hall–Kier alpha value is -2.69. The number of aromatic nitrogens is 2. The van der Waals surface area contributed by atoms with E-state index in [0.29, 0.717) is 44.0 Å². The van der Waals surface area contributed by atoms with Gasteiger partial charge in [-0.3, -0.25) is 0 Å². The molecule has 3 heterocycles. The minimum atomic E-state index is -3.10. The molecule has 0 spiro atoms. The Morgan fingerprint density at radius 1 is 1.18 bits per heavy atom. The van der Waals surface area contributed by atoms with Crippen molar-refractivity contribution < 1.29 is 26.9 Å². The largest absolute Gasteiger partial charge is 0.462 e. The number of urea groups is 1. The van der Waals surface area contributed by atoms with Crippen LogP contribution in [-0.2, 0) is 16.3 Å². The van der Waals surface area contributed by atoms with Crippen LogP contribution in [0.4, 0.5) is 9.18 Å². The van der Waals surface area contributed by atoms with Gasteiger partial charge in [-0.15, -0.1) is 0 Å². The highest BCUT2D eigenvalue weighted by Crippen LogP contribution is 2.36. The van der Waals surface area contributed by atoms with E-state index in [-0.39, 0.29) is 54.3 Å². The Morgan fingerprint density at radius 3 is 2.58 bits per heavy atom. The number of benzene rings is 1. The Morgan fingerprint density at radius 2 is 1.91 bits per heavy atom. The number of carbonyl (C=O) groups excluding carboxylic acids is 1. The summed E-state index contributed by atoms with van der Waals surface area (Å²) in [5, 5.41) is 3.84. The van der Waals surface area contributed by atoms with Crippen molar-refractivity contribution in [1.82, 2.24) is 19.9 Å². The first-order valence-corrected chi connectivity index (χ1v) is 13.1. The summed E-state index contributed by atoms with van der Waals surface area (Å²) in [6, 6.07) is 5.16. The average Bonchev–Trinajstić information content (AvgIpc) is 3.27. The molecule has 0 radical (unpaired) electrons. The van der Waals surface area contributed by atoms with Crippen molar-refractivity contribution in [2.75, 3.05) is 44.3 Å². The normalized spacial score (nSPS) is 22.9. The molecule has 1 aromatic carbocycles. The lowest BCUT2D eigenvalue weighted by atomic mass is 9.84. The van der Waals surface area contributed by atoms with Crippen molar-refractivity contribution in [1.29, 1.82) is 0 Å². The fourth-order valence-corrected chi connectivity index (χ4v) is 5.66. The number of ether oxygens (including phenoxy) is 1. The molecule has 2 aliphatic rings. The summed E-state index contributed by atoms with van der Waals surface area (Å²) < 4.78 is 48.8. The van der Waals surface area contributed by atoms with Gasteiger partial charge in [0.2, 0.25) is 5.89 Å². The number of nitrogens with zero attached hydrogens (tertiary/aromatic N) is 4. The Labute approximate surface area is 192 Å². The summed E-state index contributed by atoms with van der Waals surface area (Å²) in [5.74, 6) is -0.351. The Kier molecular flexibility index (Phi) is 6.87. The van der Waals surface area contributed by atoms with E-state index >= 15 is 0 Å². The molecule has 2 amide bonds. The van der Waals surface area contributed by atoms with E-state index in [1.807, 2.05) is 19.9 Å². The smallest absolute Gasteiger partial charge is 0.354 e. The van der Waals surface area contributed by atoms with Crippen LogP contribution in [0.1, 0.15) is 49.1 Å². The van der Waals surface area contributed by atoms with E-state index < -0.39 is 9.84 Å². The lowest BCUT2D eigenvalue weighted by molar-refractivity contribution is 0.130. The van der Waals surface area contributed by atoms with Crippen LogP contribution in [0.25, 0.3) is 0 Å². The zero-order valence-corrected chi connectivity index (χ0v) is 19.7. The molecule has 9 nitrogen and oxygen atoms in total. The number of hydrogen-bond donors (Lipinski definition) is 0. The molecule has 33 heavy (non-hydrogen) atoms. The van der Waals surface area contributed by atoms with Crippen LogP contribution >= 0.6 is 0 Å². The molecule has 0 bridgehead atoms. The van der Waals surface area contributed by atoms with Crippen LogP contribution in [0.5, 0.6) is 6.01 Å². The van der Waals surface area contributed by atoms with E-state index in [2.05, 4.69) is 10.1 Å². The molecule has 11 heteroatoms. The van der Waals surface area contributed by atoms with Crippen molar-refractivity contribution in [3.63, 3.8) is 0 Å². The van der Waals surface area contributed by atoms with Crippen LogP contribution in [0.2, 0.25) is 0 Å². The molecule has 4 rings (SSSR count). The maximum absolute atomic E-state index is 14.5. The SMILES string of the molecule is CCOc1noc(C2CC(c3ccc(CC)c(F)c3)CN(C(=O)N3CCS(=O)(=O)CC3)C2)n1. The van der Waals surface area contributed by atoms with E-state index in [1.54, 1.807) is 21.9 Å². The molecule has 180 valence electrons. The summed E-state index contributed by atoms with van der Waals surface area (Å²) in [5.41, 5.74) is 1.45. The second kappa shape index (κ2) is 9.66. The fourth-order valence-electron chi connectivity index (χ4n) is 4.46. The molecule has 0 N–H and O–H groups in total. The molecule has 2 aromatic rings. The van der Waals surface area contributed by atoms with Gasteiger partial charge in [0.15, 0.2) is 9.84 Å². The van der Waals surface area contributed by atoms with Gasteiger partial charge < -0.3 is 19.1 Å². The van der Waals surface area contributed by atoms with Gasteiger partial charge in [0.05, 0.1) is 24.0 Å². The van der Waals surface area contributed by atoms with Crippen molar-refractivity contribution in [2.45, 2.75) is 38.5 Å². The standard InChI is InChI=1S/C22H29FN4O5S/c1-3-15-5-6-16(12-19(15)23)17-11-18(20-24-21(25-32-20)31-4-2)14-27(13-17)22(28)26-7-9-33(29,30)10-8-26/h5-6,12,17-18H,3-4,7-11,13-14H2,1-2H3. The Balaban J connectivity index is 1.59. The maximum Gasteiger partial charge on any atom is 0.354 e. The number of carbonyl (C=O) groups is 1. The number of hydrogen-bond acceptors (Lipinski definition) is 7. The first-order chi connectivity index (χ1) is 15.8. The average molecular weight is 481 g/mol. The lowest BCUT2D eigenvalue weighted by Crippen LogP contribution is -2.53. The molecule has 2 fully saturated rings. The molecular formula is C22H29FN4O5S. The van der Waals surface area contributed by atoms with Crippen LogP contribution in [0.15, 0.2) is 22.7 Å². The first-order valence-electron chi connectivity index (χ1n) is 11.3. The van der Waals surface area contributed by atoms with Gasteiger partial charge in [-0.2, -0.15) is 4.98 Å². The van der Waals surface area contributed by atoms with Crippen LogP contribution < -0.4 is 4.74 Å². The molecule has 0 saturated carbocycles. The predicted octanol–water partition coefficient (Wildman–Crippen LogP) is 2.59. The van der Waals surface area contributed by atoms with Crippen LogP contribution in [0, 0.1) is 5.82 Å². The quantitative estimate of drug-likeness (QED) is 0.648. The molecule has 2 saturated heterocycles. The van der Waals surface area contributed by atoms with Gasteiger partial charge in [-0.1, -0.05) is 19.1 Å². The fraction of sp³-hybridized carbons (Fsp3) is 0.591. The van der Waals surface area contributed by atoms with Crippen LogP contribution in [0.3, 0.4) is 0 Å². The third kappa shape index (κ3) is 5.29. The zero-order chi connectivity index (χ0) is 23.6. The molecule has 2 atom stereocenters. The molecule has 1 aromatic heterocycles. The third-order valence-electron chi connectivity index (χ3n) is 6.31. The summed E-state index contributed by atoms with van der Waals surface area (Å²) >= 11 is 0. The van der Waals surface area contributed by atoms with Crippen LogP contribution in [-0.4, -0.2) is 78.7 Å². The number of amides is 2. The number of halogens is 1. The summed E-state index contributed by atoms with van der Waals surface area (Å²) in [7, 11) is -3.10. The summed E-state index contributed by atoms with van der Waals surface area (Å²) in [4.78, 5) is 20.9. The molecule has 2 unspecified atom stereocenters. The number of likely N-dealkylation sites (tertiary alicyclic amines) is 1. The summed E-state index contributed by atoms with van der Waals surface area (Å²) in [6.07, 6.45) is 1.21. The topological polar surface area (TPSA) is 106 Å². The number of aryl methyl sites for hydroxylation is 1. The van der Waals surface area contributed by atoms with Gasteiger partial charge in [0.1, 0.15) is 5.82 Å². The molecule has 0 aliphatic carbocycles. The van der Waals surface area contributed by atoms with Gasteiger partial charge in [0.25, 0.3) is 0 Å². The second-order valence-corrected chi connectivity index (χ2v) is 10.8. The zero-order valence-electron chi connectivity index (χ0n) is 18.9. The van der Waals surface area contributed by atoms with E-state index in [1.165, 1.54) is 0 Å². The highest BCUT2D eigenvalue weighted by atomic mass is 32.2. The van der Waals surface area contributed by atoms with Gasteiger partial charge in [-0.05, 0) is 42.1 Å². The van der Waals surface area contributed by atoms with Crippen molar-refractivity contribution in [3.05, 3.63) is 41.0 Å². The molecular weight excluding hydrogens is 451 g/mol. The third-order valence-corrected chi connectivity index (χ3v) is 7.92. The Bertz CT molecular complexity index is 1090. The summed E-state index contributed by atoms with van der Waals surface area (Å²) in [6.45, 7) is 5.21. The highest BCUT2D eigenvalue weighted by Gasteiger charge is 2.37. The van der Waals surface area contributed by atoms with Crippen molar-refractivity contribution in [2.24, 2.45) is 0 Å². The minimum absolute atomic E-state index is 0.0372. The minimum Gasteiger partial charge on any atom is -0.462 e.